The van der Waals surface area contributed by atoms with Crippen LogP contribution in [-0.4, -0.2) is 52.6 Å². The Bertz CT molecular complexity index is 1620. The maximum atomic E-state index is 15.7. The van der Waals surface area contributed by atoms with Gasteiger partial charge in [0, 0.05) is 54.1 Å². The first-order chi connectivity index (χ1) is 19.0. The van der Waals surface area contributed by atoms with Crippen LogP contribution >= 0.6 is 0 Å². The van der Waals surface area contributed by atoms with Gasteiger partial charge in [-0.2, -0.15) is 0 Å². The fourth-order valence-electron chi connectivity index (χ4n) is 7.65. The van der Waals surface area contributed by atoms with E-state index in [-0.39, 0.29) is 37.0 Å². The zero-order valence-electron chi connectivity index (χ0n) is 21.0. The molecule has 4 unspecified atom stereocenters. The number of aromatic nitrogens is 1. The number of halogens is 2. The molecule has 10 heteroatoms. The summed E-state index contributed by atoms with van der Waals surface area (Å²) in [6.07, 6.45) is 3.98. The molecule has 5 heterocycles. The van der Waals surface area contributed by atoms with E-state index in [1.165, 1.54) is 22.5 Å². The summed E-state index contributed by atoms with van der Waals surface area (Å²) in [6.45, 7) is 0.994. The van der Waals surface area contributed by atoms with E-state index in [2.05, 4.69) is 11.0 Å². The Kier molecular flexibility index (Phi) is 4.75. The van der Waals surface area contributed by atoms with Crippen molar-refractivity contribution in [2.24, 2.45) is 0 Å². The topological polar surface area (TPSA) is 78.2 Å². The molecule has 0 bridgehead atoms. The highest BCUT2D eigenvalue weighted by Crippen LogP contribution is 2.55. The number of hydrogen-bond acceptors (Lipinski definition) is 6. The molecule has 1 aromatic heterocycles. The molecule has 8 nitrogen and oxygen atoms in total. The second-order valence-electron chi connectivity index (χ2n) is 11.0. The molecule has 3 aromatic rings. The van der Waals surface area contributed by atoms with Crippen molar-refractivity contribution in [2.75, 3.05) is 29.7 Å². The summed E-state index contributed by atoms with van der Waals surface area (Å²) in [5, 5.41) is 12.7. The summed E-state index contributed by atoms with van der Waals surface area (Å²) in [5.74, 6) is -2.56. The largest absolute Gasteiger partial charge is 0.502 e. The van der Waals surface area contributed by atoms with Crippen molar-refractivity contribution in [3.8, 4) is 5.75 Å². The number of benzene rings is 2. The lowest BCUT2D eigenvalue weighted by Crippen LogP contribution is -2.66. The van der Waals surface area contributed by atoms with Crippen molar-refractivity contribution in [3.05, 3.63) is 92.4 Å². The van der Waals surface area contributed by atoms with Gasteiger partial charge in [-0.25, -0.2) is 8.78 Å². The number of morpholine rings is 1. The lowest BCUT2D eigenvalue weighted by atomic mass is 9.89. The van der Waals surface area contributed by atoms with Crippen LogP contribution in [0.15, 0.2) is 47.4 Å². The lowest BCUT2D eigenvalue weighted by Gasteiger charge is -2.51. The van der Waals surface area contributed by atoms with E-state index in [1.807, 2.05) is 17.1 Å². The highest BCUT2D eigenvalue weighted by Gasteiger charge is 2.50. The van der Waals surface area contributed by atoms with E-state index in [9.17, 15) is 19.1 Å². The number of para-hydroxylation sites is 1. The second kappa shape index (κ2) is 8.05. The minimum absolute atomic E-state index is 0.143. The molecule has 8 rings (SSSR count). The number of rotatable bonds is 1. The molecule has 5 aliphatic rings. The van der Waals surface area contributed by atoms with E-state index in [0.29, 0.717) is 18.1 Å². The van der Waals surface area contributed by atoms with Gasteiger partial charge in [0.2, 0.25) is 5.43 Å². The van der Waals surface area contributed by atoms with Crippen LogP contribution in [0, 0.1) is 11.6 Å². The van der Waals surface area contributed by atoms with Crippen molar-refractivity contribution in [1.29, 1.82) is 0 Å². The monoisotopic (exact) mass is 532 g/mol. The van der Waals surface area contributed by atoms with Crippen molar-refractivity contribution in [3.63, 3.8) is 0 Å². The number of anilines is 1. The van der Waals surface area contributed by atoms with Gasteiger partial charge < -0.3 is 19.6 Å². The van der Waals surface area contributed by atoms with Gasteiger partial charge in [-0.1, -0.05) is 30.7 Å². The number of ether oxygens (including phenoxy) is 1. The van der Waals surface area contributed by atoms with Crippen molar-refractivity contribution >= 4 is 11.6 Å². The number of aromatic hydroxyl groups is 1. The quantitative estimate of drug-likeness (QED) is 0.518. The summed E-state index contributed by atoms with van der Waals surface area (Å²) < 4.78 is 37.8. The molecule has 2 aromatic carbocycles. The highest BCUT2D eigenvalue weighted by molar-refractivity contribution is 5.96. The smallest absolute Gasteiger partial charge is 0.278 e. The van der Waals surface area contributed by atoms with Crippen LogP contribution in [-0.2, 0) is 11.3 Å². The van der Waals surface area contributed by atoms with Gasteiger partial charge in [0.05, 0.1) is 13.2 Å². The van der Waals surface area contributed by atoms with E-state index in [1.54, 1.807) is 11.0 Å². The van der Waals surface area contributed by atoms with Crippen molar-refractivity contribution < 1.29 is 23.4 Å². The molecule has 2 fully saturated rings. The van der Waals surface area contributed by atoms with Gasteiger partial charge in [-0.05, 0) is 30.0 Å². The second-order valence-corrected chi connectivity index (χ2v) is 11.0. The van der Waals surface area contributed by atoms with Crippen LogP contribution in [0.25, 0.3) is 0 Å². The number of fused-ring (bicyclic) bond motifs is 6. The van der Waals surface area contributed by atoms with Gasteiger partial charge in [0.1, 0.15) is 12.2 Å². The summed E-state index contributed by atoms with van der Waals surface area (Å²) >= 11 is 0. The van der Waals surface area contributed by atoms with Crippen LogP contribution in [0.5, 0.6) is 5.75 Å². The molecule has 4 aliphatic heterocycles. The fourth-order valence-corrected chi connectivity index (χ4v) is 7.65. The Morgan fingerprint density at radius 3 is 2.69 bits per heavy atom. The normalized spacial score (nSPS) is 26.5. The average molecular weight is 533 g/mol. The summed E-state index contributed by atoms with van der Waals surface area (Å²) in [4.78, 5) is 29.9. The molecule has 1 N–H and O–H groups in total. The molecule has 1 saturated carbocycles. The van der Waals surface area contributed by atoms with Crippen molar-refractivity contribution in [2.45, 2.75) is 50.0 Å². The molecular formula is C29H26F2N4O4. The van der Waals surface area contributed by atoms with Gasteiger partial charge >= 0.3 is 0 Å². The number of pyridine rings is 1. The Hall–Kier alpha value is -3.92. The lowest BCUT2D eigenvalue weighted by molar-refractivity contribution is -0.0196. The maximum Gasteiger partial charge on any atom is 0.278 e. The Morgan fingerprint density at radius 2 is 1.82 bits per heavy atom. The highest BCUT2D eigenvalue weighted by atomic mass is 19.2. The number of hydrogen-bond donors (Lipinski definition) is 1. The van der Waals surface area contributed by atoms with Crippen LogP contribution in [0.3, 0.4) is 0 Å². The summed E-state index contributed by atoms with van der Waals surface area (Å²) in [6, 6.07) is 9.71. The van der Waals surface area contributed by atoms with E-state index in [4.69, 9.17) is 4.74 Å². The molecule has 39 heavy (non-hydrogen) atoms. The number of carbonyl (C=O) groups is 1. The molecule has 0 radical (unpaired) electrons. The molecular weight excluding hydrogens is 506 g/mol. The summed E-state index contributed by atoms with van der Waals surface area (Å²) in [5.41, 5.74) is 3.21. The van der Waals surface area contributed by atoms with Gasteiger partial charge in [0.25, 0.3) is 5.91 Å². The molecule has 0 spiro atoms. The molecule has 1 aliphatic carbocycles. The number of nitrogens with zero attached hydrogens (tertiary/aromatic N) is 4. The number of carbonyl (C=O) groups excluding carboxylic acids is 1. The third kappa shape index (κ3) is 2.95. The van der Waals surface area contributed by atoms with Gasteiger partial charge in [-0.3, -0.25) is 19.3 Å². The minimum atomic E-state index is -0.904. The van der Waals surface area contributed by atoms with E-state index >= 15 is 4.39 Å². The molecule has 1 saturated heterocycles. The zero-order chi connectivity index (χ0) is 26.6. The van der Waals surface area contributed by atoms with E-state index in [0.717, 1.165) is 36.6 Å². The molecule has 4 atom stereocenters. The Labute approximate surface area is 222 Å². The minimum Gasteiger partial charge on any atom is -0.502 e. The predicted octanol–water partition coefficient (Wildman–Crippen LogP) is 3.34. The Balaban J connectivity index is 1.45. The first kappa shape index (κ1) is 23.0. The average Bonchev–Trinajstić information content (AvgIpc) is 3.50. The first-order valence-electron chi connectivity index (χ1n) is 13.4. The Morgan fingerprint density at radius 1 is 0.974 bits per heavy atom. The predicted molar refractivity (Wildman–Crippen MR) is 137 cm³/mol. The first-order valence-corrected chi connectivity index (χ1v) is 13.4. The van der Waals surface area contributed by atoms with Crippen LogP contribution in [0.4, 0.5) is 14.5 Å². The maximum absolute atomic E-state index is 15.7. The number of amides is 1. The van der Waals surface area contributed by atoms with Crippen LogP contribution in [0.2, 0.25) is 0 Å². The third-order valence-electron chi connectivity index (χ3n) is 9.25. The third-order valence-corrected chi connectivity index (χ3v) is 9.25. The molecule has 1 amide bonds. The fraction of sp³-hybridized carbons (Fsp3) is 0.379. The summed E-state index contributed by atoms with van der Waals surface area (Å²) in [7, 11) is 0. The SMILES string of the molecule is O=C1c2c(O)c(=O)ccn2N(C2c3ccc(F)c(F)c3CN3c4c(cccc42)C2CCCC23)C2COCCN12. The van der Waals surface area contributed by atoms with Gasteiger partial charge in [0.15, 0.2) is 23.1 Å². The standard InChI is InChI=1S/C29H26F2N4O4/c30-20-8-7-17-19(24(20)31)13-33-21-6-2-3-15(21)16-4-1-5-18(25(16)33)26(17)35-23-14-39-12-11-32(23)29(38)27-28(37)22(36)9-10-34(27)35/h1,4-5,7-10,15,21,23,26,37H,2-3,6,11-14H2. The van der Waals surface area contributed by atoms with Crippen LogP contribution < -0.4 is 15.3 Å². The van der Waals surface area contributed by atoms with Gasteiger partial charge in [-0.15, -0.1) is 0 Å². The zero-order valence-corrected chi connectivity index (χ0v) is 21.0. The molecule has 200 valence electrons. The van der Waals surface area contributed by atoms with Crippen LogP contribution in [0.1, 0.15) is 64.0 Å². The van der Waals surface area contributed by atoms with E-state index < -0.39 is 40.9 Å². The van der Waals surface area contributed by atoms with Crippen molar-refractivity contribution in [1.82, 2.24) is 9.58 Å².